The van der Waals surface area contributed by atoms with E-state index in [0.29, 0.717) is 5.88 Å². The van der Waals surface area contributed by atoms with Crippen molar-refractivity contribution in [3.63, 3.8) is 0 Å². The maximum atomic E-state index is 6.31. The van der Waals surface area contributed by atoms with E-state index in [4.69, 9.17) is 9.16 Å². The summed E-state index contributed by atoms with van der Waals surface area (Å²) in [7, 11) is -1.94. The number of hydrogen-bond donors (Lipinski definition) is 0. The van der Waals surface area contributed by atoms with Crippen LogP contribution in [0.1, 0.15) is 40.2 Å². The Morgan fingerprint density at radius 2 is 1.73 bits per heavy atom. The maximum absolute atomic E-state index is 6.31. The lowest BCUT2D eigenvalue weighted by atomic mass is 10.2. The molecule has 1 rings (SSSR count). The summed E-state index contributed by atoms with van der Waals surface area (Å²) in [5.41, 5.74) is 1.07. The Labute approximate surface area is 136 Å². The zero-order valence-electron chi connectivity index (χ0n) is 14.9. The Balaban J connectivity index is 3.02. The number of hydrogen-bond acceptors (Lipinski definition) is 3. The van der Waals surface area contributed by atoms with E-state index in [1.165, 1.54) is 6.40 Å². The van der Waals surface area contributed by atoms with E-state index in [1.54, 1.807) is 0 Å². The van der Waals surface area contributed by atoms with Gasteiger partial charge in [0.2, 0.25) is 5.88 Å². The molecule has 0 saturated heterocycles. The Morgan fingerprint density at radius 3 is 2.23 bits per heavy atom. The molecule has 0 spiro atoms. The molecule has 0 aliphatic carbocycles. The van der Waals surface area contributed by atoms with Crippen LogP contribution in [0.3, 0.4) is 0 Å². The molecular weight excluding hydrogens is 290 g/mol. The molecule has 0 atom stereocenters. The van der Waals surface area contributed by atoms with Gasteiger partial charge in [0, 0.05) is 6.08 Å². The fourth-order valence-electron chi connectivity index (χ4n) is 1.40. The van der Waals surface area contributed by atoms with Gasteiger partial charge < -0.3 is 9.16 Å². The summed E-state index contributed by atoms with van der Waals surface area (Å²) in [6, 6.07) is 10.1. The third-order valence-electron chi connectivity index (χ3n) is 3.77. The van der Waals surface area contributed by atoms with Crippen LogP contribution in [0.25, 0.3) is 6.08 Å². The van der Waals surface area contributed by atoms with Crippen molar-refractivity contribution in [2.75, 3.05) is 0 Å². The summed E-state index contributed by atoms with van der Waals surface area (Å²) < 4.78 is 11.7. The zero-order chi connectivity index (χ0) is 16.8. The fourth-order valence-corrected chi connectivity index (χ4v) is 2.34. The van der Waals surface area contributed by atoms with E-state index < -0.39 is 8.32 Å². The minimum atomic E-state index is -1.94. The van der Waals surface area contributed by atoms with Gasteiger partial charge in [0.05, 0.1) is 6.10 Å². The molecule has 0 aromatic heterocycles. The minimum absolute atomic E-state index is 0.106. The Bertz CT molecular complexity index is 514. The molecular formula is C18H29NO2Si. The molecule has 0 saturated carbocycles. The third-order valence-corrected chi connectivity index (χ3v) is 8.10. The van der Waals surface area contributed by atoms with Crippen LogP contribution >= 0.6 is 0 Å². The van der Waals surface area contributed by atoms with Crippen molar-refractivity contribution in [1.29, 1.82) is 0 Å². The van der Waals surface area contributed by atoms with E-state index >= 15 is 0 Å². The van der Waals surface area contributed by atoms with Gasteiger partial charge in [0.25, 0.3) is 8.32 Å². The highest BCUT2D eigenvalue weighted by Gasteiger charge is 2.39. The average Bonchev–Trinajstić information content (AvgIpc) is 2.37. The molecule has 1 aromatic carbocycles. The van der Waals surface area contributed by atoms with Gasteiger partial charge >= 0.3 is 0 Å². The molecule has 0 N–H and O–H groups in total. The second-order valence-corrected chi connectivity index (χ2v) is 11.9. The number of aliphatic imine (C=N–C) groups is 1. The van der Waals surface area contributed by atoms with E-state index in [9.17, 15) is 0 Å². The van der Waals surface area contributed by atoms with Crippen molar-refractivity contribution < 1.29 is 9.16 Å². The van der Waals surface area contributed by atoms with Crippen LogP contribution in [-0.2, 0) is 9.16 Å². The van der Waals surface area contributed by atoms with Gasteiger partial charge in [-0.2, -0.15) is 4.99 Å². The van der Waals surface area contributed by atoms with Crippen LogP contribution < -0.4 is 0 Å². The van der Waals surface area contributed by atoms with Crippen LogP contribution in [0.5, 0.6) is 0 Å². The first-order valence-electron chi connectivity index (χ1n) is 7.75. The molecule has 0 aliphatic heterocycles. The van der Waals surface area contributed by atoms with Crippen molar-refractivity contribution >= 4 is 20.8 Å². The van der Waals surface area contributed by atoms with Gasteiger partial charge in [-0.25, -0.2) is 0 Å². The Morgan fingerprint density at radius 1 is 1.14 bits per heavy atom. The zero-order valence-corrected chi connectivity index (χ0v) is 15.9. The van der Waals surface area contributed by atoms with Gasteiger partial charge in [-0.3, -0.25) is 0 Å². The van der Waals surface area contributed by atoms with Gasteiger partial charge in [-0.1, -0.05) is 51.1 Å². The van der Waals surface area contributed by atoms with E-state index in [2.05, 4.69) is 38.9 Å². The molecule has 0 heterocycles. The van der Waals surface area contributed by atoms with Gasteiger partial charge in [-0.15, -0.1) is 0 Å². The number of rotatable bonds is 6. The summed E-state index contributed by atoms with van der Waals surface area (Å²) in [4.78, 5) is 4.38. The summed E-state index contributed by atoms with van der Waals surface area (Å²) in [6.07, 6.45) is 3.54. The van der Waals surface area contributed by atoms with Crippen LogP contribution in [0, 0.1) is 0 Å². The highest BCUT2D eigenvalue weighted by atomic mass is 28.4. The quantitative estimate of drug-likeness (QED) is 0.302. The predicted octanol–water partition coefficient (Wildman–Crippen LogP) is 5.46. The maximum Gasteiger partial charge on any atom is 0.252 e. The SMILES string of the molecule is CC(C)O/C=N/C(=C\c1ccccc1)O[Si](C)(C)C(C)(C)C. The largest absolute Gasteiger partial charge is 0.531 e. The second-order valence-electron chi connectivity index (χ2n) is 7.17. The van der Waals surface area contributed by atoms with Gasteiger partial charge in [0.15, 0.2) is 6.40 Å². The van der Waals surface area contributed by atoms with E-state index in [1.807, 2.05) is 50.3 Å². The van der Waals surface area contributed by atoms with Crippen molar-refractivity contribution in [1.82, 2.24) is 0 Å². The molecule has 0 unspecified atom stereocenters. The monoisotopic (exact) mass is 319 g/mol. The average molecular weight is 320 g/mol. The summed E-state index contributed by atoms with van der Waals surface area (Å²) >= 11 is 0. The minimum Gasteiger partial charge on any atom is -0.531 e. The van der Waals surface area contributed by atoms with Crippen LogP contribution in [-0.4, -0.2) is 20.8 Å². The molecule has 1 aromatic rings. The van der Waals surface area contributed by atoms with E-state index in [-0.39, 0.29) is 11.1 Å². The highest BCUT2D eigenvalue weighted by molar-refractivity contribution is 6.74. The molecule has 0 fully saturated rings. The molecule has 0 bridgehead atoms. The Hall–Kier alpha value is -1.55. The van der Waals surface area contributed by atoms with Crippen molar-refractivity contribution in [2.45, 2.75) is 58.9 Å². The van der Waals surface area contributed by atoms with E-state index in [0.717, 1.165) is 5.56 Å². The topological polar surface area (TPSA) is 30.8 Å². The first kappa shape index (κ1) is 18.5. The predicted molar refractivity (Wildman–Crippen MR) is 97.4 cm³/mol. The summed E-state index contributed by atoms with van der Waals surface area (Å²) in [5, 5.41) is 0.122. The van der Waals surface area contributed by atoms with Crippen molar-refractivity contribution in [3.05, 3.63) is 41.8 Å². The number of benzene rings is 1. The van der Waals surface area contributed by atoms with Crippen molar-refractivity contribution in [3.8, 4) is 0 Å². The standard InChI is InChI=1S/C18H29NO2Si/c1-15(2)20-14-19-17(13-16-11-9-8-10-12-16)21-22(6,7)18(3,4)5/h8-15H,1-7H3/b17-13+,19-14+. The molecule has 22 heavy (non-hydrogen) atoms. The number of ether oxygens (including phenoxy) is 1. The molecule has 0 aliphatic rings. The highest BCUT2D eigenvalue weighted by Crippen LogP contribution is 2.38. The molecule has 0 radical (unpaired) electrons. The van der Waals surface area contributed by atoms with Crippen LogP contribution in [0.15, 0.2) is 41.2 Å². The fraction of sp³-hybridized carbons (Fsp3) is 0.500. The lowest BCUT2D eigenvalue weighted by molar-refractivity contribution is 0.239. The molecule has 3 nitrogen and oxygen atoms in total. The first-order chi connectivity index (χ1) is 10.1. The van der Waals surface area contributed by atoms with Gasteiger partial charge in [-0.05, 0) is 37.5 Å². The Kier molecular flexibility index (Phi) is 6.42. The smallest absolute Gasteiger partial charge is 0.252 e. The molecule has 4 heteroatoms. The van der Waals surface area contributed by atoms with Crippen molar-refractivity contribution in [2.24, 2.45) is 4.99 Å². The summed E-state index contributed by atoms with van der Waals surface area (Å²) in [5.74, 6) is 0.610. The second kappa shape index (κ2) is 7.63. The lowest BCUT2D eigenvalue weighted by Gasteiger charge is -2.36. The summed E-state index contributed by atoms with van der Waals surface area (Å²) in [6.45, 7) is 15.0. The molecule has 0 amide bonds. The van der Waals surface area contributed by atoms with Crippen LogP contribution in [0.2, 0.25) is 18.1 Å². The van der Waals surface area contributed by atoms with Crippen LogP contribution in [0.4, 0.5) is 0 Å². The normalized spacial score (nSPS) is 13.7. The van der Waals surface area contributed by atoms with Gasteiger partial charge in [0.1, 0.15) is 0 Å². The third kappa shape index (κ3) is 6.06. The lowest BCUT2D eigenvalue weighted by Crippen LogP contribution is -2.40. The number of nitrogens with zero attached hydrogens (tertiary/aromatic N) is 1. The first-order valence-corrected chi connectivity index (χ1v) is 10.7. The molecule has 122 valence electrons.